The van der Waals surface area contributed by atoms with E-state index in [1.165, 1.54) is 18.2 Å². The third-order valence-corrected chi connectivity index (χ3v) is 10.1. The summed E-state index contributed by atoms with van der Waals surface area (Å²) in [6, 6.07) is 12.2. The Hall–Kier alpha value is -4.81. The van der Waals surface area contributed by atoms with Crippen molar-refractivity contribution in [2.24, 2.45) is 0 Å². The zero-order valence-corrected chi connectivity index (χ0v) is 28.1. The average Bonchev–Trinajstić information content (AvgIpc) is 3.34. The zero-order chi connectivity index (χ0) is 36.9. The van der Waals surface area contributed by atoms with Crippen LogP contribution in [-0.4, -0.2) is 99.2 Å². The van der Waals surface area contributed by atoms with Crippen LogP contribution < -0.4 is 15.5 Å². The largest absolute Gasteiger partial charge is 0.490 e. The number of hydrogen-bond donors (Lipinski definition) is 4. The van der Waals surface area contributed by atoms with Crippen LogP contribution in [0, 0.1) is 11.6 Å². The first-order valence-electron chi connectivity index (χ1n) is 15.8. The maximum Gasteiger partial charge on any atom is 0.490 e. The van der Waals surface area contributed by atoms with Gasteiger partial charge in [-0.25, -0.2) is 22.0 Å². The zero-order valence-electron chi connectivity index (χ0n) is 27.3. The molecular weight excluding hydrogens is 703 g/mol. The number of fused-ring (bicyclic) bond motifs is 1. The highest BCUT2D eigenvalue weighted by molar-refractivity contribution is 7.91. The predicted molar refractivity (Wildman–Crippen MR) is 178 cm³/mol. The number of nitrogens with zero attached hydrogens (tertiary/aromatic N) is 3. The van der Waals surface area contributed by atoms with Gasteiger partial charge >= 0.3 is 12.1 Å². The number of aliphatic carboxylic acids is 1. The first kappa shape index (κ1) is 37.4. The monoisotopic (exact) mass is 738 g/mol. The van der Waals surface area contributed by atoms with Crippen LogP contribution in [0.25, 0.3) is 10.9 Å². The number of nitrogens with one attached hydrogen (secondary N) is 3. The fourth-order valence-electron chi connectivity index (χ4n) is 5.66. The third-order valence-electron chi connectivity index (χ3n) is 8.38. The van der Waals surface area contributed by atoms with Crippen molar-refractivity contribution in [3.05, 3.63) is 71.8 Å². The number of benzene rings is 3. The van der Waals surface area contributed by atoms with Crippen LogP contribution in [-0.2, 0) is 19.4 Å². The number of aromatic nitrogens is 2. The van der Waals surface area contributed by atoms with E-state index in [0.717, 1.165) is 63.3 Å². The van der Waals surface area contributed by atoms with Crippen LogP contribution in [0.15, 0.2) is 64.4 Å². The van der Waals surface area contributed by atoms with Crippen molar-refractivity contribution in [1.29, 1.82) is 0 Å². The standard InChI is InChI=1S/C31H34F2N6O4S.C2HF3O2/c1-38-9-2-10-39(12-11-38)23-3-5-26(29(18-23)34-22-7-13-43-14-8-22)31(40)35-30-27-19-24(4-6-28(27)36-37-30)44(41,42)25-16-20(32)15-21(33)17-25;3-2(4,5)1(6)7/h3-6,15-19,22,34H,2,7-14H2,1H3,(H2,35,36,37,40);(H,6,7). The Balaban J connectivity index is 0.000000654. The number of carboxylic acids is 1. The van der Waals surface area contributed by atoms with Crippen LogP contribution in [0.5, 0.6) is 0 Å². The lowest BCUT2D eigenvalue weighted by Gasteiger charge is -2.28. The van der Waals surface area contributed by atoms with Crippen LogP contribution in [0.1, 0.15) is 29.6 Å². The highest BCUT2D eigenvalue weighted by Crippen LogP contribution is 2.31. The van der Waals surface area contributed by atoms with E-state index in [1.54, 1.807) is 6.07 Å². The van der Waals surface area contributed by atoms with Crippen LogP contribution in [0.2, 0.25) is 0 Å². The summed E-state index contributed by atoms with van der Waals surface area (Å²) in [5.74, 6) is -5.05. The number of amides is 1. The Labute approximate surface area is 289 Å². The van der Waals surface area contributed by atoms with E-state index in [-0.39, 0.29) is 16.8 Å². The van der Waals surface area contributed by atoms with Gasteiger partial charge in [-0.05, 0) is 81.4 Å². The van der Waals surface area contributed by atoms with Crippen LogP contribution >= 0.6 is 0 Å². The molecule has 12 nitrogen and oxygen atoms in total. The minimum atomic E-state index is -5.08. The number of sulfone groups is 1. The Morgan fingerprint density at radius 1 is 0.941 bits per heavy atom. The van der Waals surface area contributed by atoms with Crippen molar-refractivity contribution >= 4 is 49.8 Å². The van der Waals surface area contributed by atoms with E-state index in [4.69, 9.17) is 14.6 Å². The number of ether oxygens (including phenoxy) is 1. The molecule has 6 rings (SSSR count). The molecule has 18 heteroatoms. The quantitative estimate of drug-likeness (QED) is 0.184. The molecule has 51 heavy (non-hydrogen) atoms. The van der Waals surface area contributed by atoms with Gasteiger partial charge in [-0.15, -0.1) is 0 Å². The number of hydrogen-bond acceptors (Lipinski definition) is 9. The molecule has 0 unspecified atom stereocenters. The molecule has 0 saturated carbocycles. The molecule has 4 aromatic rings. The van der Waals surface area contributed by atoms with Gasteiger partial charge in [0.25, 0.3) is 5.91 Å². The Bertz CT molecular complexity index is 1980. The Morgan fingerprint density at radius 2 is 1.63 bits per heavy atom. The number of aromatic amines is 1. The van der Waals surface area contributed by atoms with E-state index in [2.05, 4.69) is 37.7 Å². The van der Waals surface area contributed by atoms with Gasteiger partial charge in [-0.1, -0.05) is 0 Å². The van der Waals surface area contributed by atoms with E-state index in [9.17, 15) is 35.2 Å². The number of H-pyrrole nitrogens is 1. The molecule has 3 heterocycles. The third kappa shape index (κ3) is 9.30. The minimum absolute atomic E-state index is 0.129. The molecule has 0 bridgehead atoms. The van der Waals surface area contributed by atoms with E-state index in [1.807, 2.05) is 12.1 Å². The number of carbonyl (C=O) groups is 2. The number of halogens is 5. The molecule has 1 amide bonds. The number of likely N-dealkylation sites (N-methyl/N-ethyl adjacent to an activating group) is 1. The summed E-state index contributed by atoms with van der Waals surface area (Å²) in [5, 5.41) is 20.9. The maximum atomic E-state index is 13.8. The van der Waals surface area contributed by atoms with Crippen LogP contribution in [0.4, 0.5) is 39.1 Å². The average molecular weight is 739 g/mol. The Kier molecular flexibility index (Phi) is 11.5. The summed E-state index contributed by atoms with van der Waals surface area (Å²) in [7, 11) is -2.14. The van der Waals surface area contributed by atoms with E-state index < -0.39 is 44.4 Å². The lowest BCUT2D eigenvalue weighted by molar-refractivity contribution is -0.192. The first-order valence-corrected chi connectivity index (χ1v) is 17.3. The highest BCUT2D eigenvalue weighted by atomic mass is 32.2. The fraction of sp³-hybridized carbons (Fsp3) is 0.364. The van der Waals surface area contributed by atoms with E-state index in [0.29, 0.717) is 41.4 Å². The second-order valence-corrected chi connectivity index (χ2v) is 14.0. The molecule has 0 radical (unpaired) electrons. The van der Waals surface area contributed by atoms with Gasteiger partial charge in [0, 0.05) is 61.7 Å². The van der Waals surface area contributed by atoms with Gasteiger partial charge in [0.2, 0.25) is 9.84 Å². The maximum absolute atomic E-state index is 13.8. The number of anilines is 3. The summed E-state index contributed by atoms with van der Waals surface area (Å²) in [4.78, 5) is 26.6. The predicted octanol–water partition coefficient (Wildman–Crippen LogP) is 5.29. The SMILES string of the molecule is CN1CCCN(c2ccc(C(=O)Nc3n[nH]c4ccc(S(=O)(=O)c5cc(F)cc(F)c5)cc34)c(NC3CCOCC3)c2)CC1.O=C(O)C(F)(F)F. The summed E-state index contributed by atoms with van der Waals surface area (Å²) >= 11 is 0. The Morgan fingerprint density at radius 3 is 2.29 bits per heavy atom. The summed E-state index contributed by atoms with van der Waals surface area (Å²) in [6.45, 7) is 5.06. The van der Waals surface area contributed by atoms with Gasteiger partial charge in [0.05, 0.1) is 20.9 Å². The molecular formula is C33H35F5N6O6S. The van der Waals surface area contributed by atoms with Crippen molar-refractivity contribution in [3.63, 3.8) is 0 Å². The number of carbonyl (C=O) groups excluding carboxylic acids is 1. The summed E-state index contributed by atoms with van der Waals surface area (Å²) < 4.78 is 91.3. The molecule has 2 saturated heterocycles. The number of carboxylic acid groups (broad SMARTS) is 1. The van der Waals surface area contributed by atoms with Crippen molar-refractivity contribution in [2.75, 3.05) is 62.0 Å². The minimum Gasteiger partial charge on any atom is -0.475 e. The number of alkyl halides is 3. The smallest absolute Gasteiger partial charge is 0.475 e. The van der Waals surface area contributed by atoms with Gasteiger partial charge in [0.1, 0.15) is 11.6 Å². The highest BCUT2D eigenvalue weighted by Gasteiger charge is 2.38. The molecule has 3 aromatic carbocycles. The normalized spacial score (nSPS) is 16.2. The molecule has 1 aromatic heterocycles. The van der Waals surface area contributed by atoms with Crippen molar-refractivity contribution in [1.82, 2.24) is 15.1 Å². The molecule has 0 aliphatic carbocycles. The molecule has 2 fully saturated rings. The molecule has 0 spiro atoms. The molecule has 2 aliphatic heterocycles. The molecule has 2 aliphatic rings. The topological polar surface area (TPSA) is 157 Å². The summed E-state index contributed by atoms with van der Waals surface area (Å²) in [6.07, 6.45) is -2.41. The molecule has 274 valence electrons. The first-order chi connectivity index (χ1) is 24.1. The van der Waals surface area contributed by atoms with Gasteiger partial charge < -0.3 is 30.3 Å². The lowest BCUT2D eigenvalue weighted by Crippen LogP contribution is -2.30. The second kappa shape index (κ2) is 15.6. The van der Waals surface area contributed by atoms with Crippen molar-refractivity contribution < 1.29 is 49.8 Å². The van der Waals surface area contributed by atoms with Crippen molar-refractivity contribution in [2.45, 2.75) is 41.3 Å². The van der Waals surface area contributed by atoms with Crippen molar-refractivity contribution in [3.8, 4) is 0 Å². The molecule has 4 N–H and O–H groups in total. The van der Waals surface area contributed by atoms with Crippen LogP contribution in [0.3, 0.4) is 0 Å². The summed E-state index contributed by atoms with van der Waals surface area (Å²) in [5.41, 5.74) is 2.62. The lowest BCUT2D eigenvalue weighted by atomic mass is 10.1. The molecule has 0 atom stereocenters. The second-order valence-electron chi connectivity index (χ2n) is 12.0. The van der Waals surface area contributed by atoms with E-state index >= 15 is 0 Å². The number of rotatable bonds is 7. The van der Waals surface area contributed by atoms with Gasteiger partial charge in [-0.3, -0.25) is 9.89 Å². The van der Waals surface area contributed by atoms with Gasteiger partial charge in [-0.2, -0.15) is 18.3 Å². The fourth-order valence-corrected chi connectivity index (χ4v) is 6.99. The van der Waals surface area contributed by atoms with Gasteiger partial charge in [0.15, 0.2) is 5.82 Å².